The molecule has 0 aliphatic heterocycles. The van der Waals surface area contributed by atoms with E-state index in [-0.39, 0.29) is 10.0 Å². The smallest absolute Gasteiger partial charge is 0.272 e. The number of carbonyl (C=O) groups is 1. The summed E-state index contributed by atoms with van der Waals surface area (Å²) in [6.07, 6.45) is 0. The summed E-state index contributed by atoms with van der Waals surface area (Å²) in [5.74, 6) is 0.0631. The van der Waals surface area contributed by atoms with Gasteiger partial charge in [0.25, 0.3) is 10.0 Å². The van der Waals surface area contributed by atoms with Crippen molar-refractivity contribution in [1.29, 1.82) is 0 Å². The van der Waals surface area contributed by atoms with Crippen molar-refractivity contribution in [1.82, 2.24) is 9.78 Å². The first-order valence-electron chi connectivity index (χ1n) is 9.62. The molecule has 33 heavy (non-hydrogen) atoms. The molecule has 3 N–H and O–H groups in total. The number of aliphatic hydroxyl groups excluding tert-OH is 1. The zero-order valence-electron chi connectivity index (χ0n) is 17.3. The molecule has 0 spiro atoms. The zero-order chi connectivity index (χ0) is 23.6. The topological polar surface area (TPSA) is 123 Å². The van der Waals surface area contributed by atoms with Gasteiger partial charge in [-0.25, -0.2) is 8.42 Å². The van der Waals surface area contributed by atoms with Gasteiger partial charge in [-0.1, -0.05) is 29.8 Å². The van der Waals surface area contributed by atoms with E-state index in [1.165, 1.54) is 19.2 Å². The number of aliphatic hydroxyl groups is 1. The fourth-order valence-corrected chi connectivity index (χ4v) is 5.79. The quantitative estimate of drug-likeness (QED) is 0.336. The minimum atomic E-state index is -3.91. The van der Waals surface area contributed by atoms with Gasteiger partial charge in [0.2, 0.25) is 5.91 Å². The number of thiophene rings is 1. The third-order valence-electron chi connectivity index (χ3n) is 4.69. The molecule has 0 saturated carbocycles. The van der Waals surface area contributed by atoms with E-state index in [9.17, 15) is 13.2 Å². The van der Waals surface area contributed by atoms with E-state index in [0.717, 1.165) is 16.9 Å². The average Bonchev–Trinajstić information content (AvgIpc) is 3.38. The maximum atomic E-state index is 12.9. The summed E-state index contributed by atoms with van der Waals surface area (Å²) in [7, 11) is -2.41. The highest BCUT2D eigenvalue weighted by Gasteiger charge is 2.23. The molecule has 0 atom stereocenters. The number of sulfonamides is 1. The first-order chi connectivity index (χ1) is 15.8. The number of benzene rings is 2. The SMILES string of the molecule is COc1cccc2c1c(NS(=O)(=O)c1ccc(Cl)s1)nn2Cc1cccc(NC(=O)CO)c1. The molecule has 2 heterocycles. The molecule has 1 amide bonds. The van der Waals surface area contributed by atoms with Gasteiger partial charge < -0.3 is 15.2 Å². The van der Waals surface area contributed by atoms with Crippen molar-refractivity contribution in [2.24, 2.45) is 0 Å². The Kier molecular flexibility index (Phi) is 6.56. The fraction of sp³-hybridized carbons (Fsp3) is 0.143. The molecule has 4 aromatic rings. The largest absolute Gasteiger partial charge is 0.496 e. The molecule has 0 aliphatic rings. The molecule has 0 fully saturated rings. The highest BCUT2D eigenvalue weighted by atomic mass is 35.5. The lowest BCUT2D eigenvalue weighted by Gasteiger charge is -2.08. The summed E-state index contributed by atoms with van der Waals surface area (Å²) in [5.41, 5.74) is 1.98. The maximum absolute atomic E-state index is 12.9. The molecule has 2 aromatic carbocycles. The van der Waals surface area contributed by atoms with E-state index < -0.39 is 22.5 Å². The second-order valence-electron chi connectivity index (χ2n) is 6.93. The molecule has 0 radical (unpaired) electrons. The number of hydrogen-bond donors (Lipinski definition) is 3. The van der Waals surface area contributed by atoms with Crippen LogP contribution in [0.4, 0.5) is 11.5 Å². The van der Waals surface area contributed by atoms with Crippen LogP contribution in [0.5, 0.6) is 5.75 Å². The molecular formula is C21H19ClN4O5S2. The van der Waals surface area contributed by atoms with Crippen molar-refractivity contribution < 1.29 is 23.1 Å². The first-order valence-corrected chi connectivity index (χ1v) is 12.3. The van der Waals surface area contributed by atoms with Crippen LogP contribution in [0.25, 0.3) is 10.9 Å². The van der Waals surface area contributed by atoms with Gasteiger partial charge in [-0.05, 0) is 42.0 Å². The Labute approximate surface area is 198 Å². The summed E-state index contributed by atoms with van der Waals surface area (Å²) in [5, 5.41) is 16.6. The number of aromatic nitrogens is 2. The number of carbonyl (C=O) groups excluding carboxylic acids is 1. The number of nitrogens with zero attached hydrogens (tertiary/aromatic N) is 2. The number of hydrogen-bond acceptors (Lipinski definition) is 7. The van der Waals surface area contributed by atoms with Gasteiger partial charge in [0.15, 0.2) is 5.82 Å². The normalized spacial score (nSPS) is 11.5. The number of anilines is 2. The number of methoxy groups -OCH3 is 1. The van der Waals surface area contributed by atoms with Gasteiger partial charge in [-0.2, -0.15) is 5.10 Å². The summed E-state index contributed by atoms with van der Waals surface area (Å²) in [6, 6.07) is 15.3. The molecule has 2 aromatic heterocycles. The Hall–Kier alpha value is -3.12. The first kappa shape index (κ1) is 23.1. The van der Waals surface area contributed by atoms with E-state index in [1.807, 2.05) is 12.1 Å². The summed E-state index contributed by atoms with van der Waals surface area (Å²) in [6.45, 7) is -0.328. The Morgan fingerprint density at radius 3 is 2.70 bits per heavy atom. The Balaban J connectivity index is 1.73. The van der Waals surface area contributed by atoms with Crippen LogP contribution < -0.4 is 14.8 Å². The molecule has 0 bridgehead atoms. The van der Waals surface area contributed by atoms with E-state index in [0.29, 0.717) is 33.2 Å². The Morgan fingerprint density at radius 1 is 1.21 bits per heavy atom. The third-order valence-corrected chi connectivity index (χ3v) is 7.75. The van der Waals surface area contributed by atoms with Gasteiger partial charge in [0, 0.05) is 5.69 Å². The number of nitrogens with one attached hydrogen (secondary N) is 2. The monoisotopic (exact) mass is 506 g/mol. The van der Waals surface area contributed by atoms with Crippen molar-refractivity contribution in [2.45, 2.75) is 10.8 Å². The minimum absolute atomic E-state index is 0.0671. The van der Waals surface area contributed by atoms with Crippen molar-refractivity contribution in [2.75, 3.05) is 23.8 Å². The standard InChI is InChI=1S/C21H19ClN4O5S2/c1-31-16-7-3-6-15-20(16)21(25-33(29,30)19-9-8-17(22)32-19)24-26(15)11-13-4-2-5-14(10-13)23-18(28)12-27/h2-10,27H,11-12H2,1H3,(H,23,28)(H,24,25). The lowest BCUT2D eigenvalue weighted by atomic mass is 10.2. The van der Waals surface area contributed by atoms with Crippen LogP contribution >= 0.6 is 22.9 Å². The Bertz CT molecular complexity index is 1430. The van der Waals surface area contributed by atoms with Crippen LogP contribution in [0.2, 0.25) is 4.34 Å². The van der Waals surface area contributed by atoms with Crippen LogP contribution in [0.3, 0.4) is 0 Å². The molecular weight excluding hydrogens is 488 g/mol. The zero-order valence-corrected chi connectivity index (χ0v) is 19.7. The number of halogens is 1. The van der Waals surface area contributed by atoms with E-state index in [2.05, 4.69) is 15.1 Å². The predicted octanol–water partition coefficient (Wildman–Crippen LogP) is 3.54. The van der Waals surface area contributed by atoms with Crippen molar-refractivity contribution >= 4 is 61.3 Å². The van der Waals surface area contributed by atoms with Gasteiger partial charge in [-0.3, -0.25) is 14.2 Å². The summed E-state index contributed by atoms with van der Waals surface area (Å²) < 4.78 is 35.8. The van der Waals surface area contributed by atoms with E-state index in [4.69, 9.17) is 21.4 Å². The van der Waals surface area contributed by atoms with E-state index >= 15 is 0 Å². The van der Waals surface area contributed by atoms with Crippen LogP contribution in [0.15, 0.2) is 58.8 Å². The molecule has 172 valence electrons. The van der Waals surface area contributed by atoms with Crippen molar-refractivity contribution in [3.8, 4) is 5.75 Å². The molecule has 0 saturated heterocycles. The molecule has 12 heteroatoms. The molecule has 0 unspecified atom stereocenters. The van der Waals surface area contributed by atoms with Crippen LogP contribution in [-0.2, 0) is 21.4 Å². The minimum Gasteiger partial charge on any atom is -0.496 e. The highest BCUT2D eigenvalue weighted by Crippen LogP contribution is 2.35. The van der Waals surface area contributed by atoms with Crippen molar-refractivity contribution in [3.63, 3.8) is 0 Å². The predicted molar refractivity (Wildman–Crippen MR) is 128 cm³/mol. The summed E-state index contributed by atoms with van der Waals surface area (Å²) >= 11 is 6.85. The van der Waals surface area contributed by atoms with Crippen molar-refractivity contribution in [3.05, 3.63) is 64.5 Å². The second kappa shape index (κ2) is 9.40. The number of ether oxygens (including phenoxy) is 1. The number of fused-ring (bicyclic) bond motifs is 1. The van der Waals surface area contributed by atoms with Gasteiger partial charge in [0.1, 0.15) is 16.6 Å². The average molecular weight is 507 g/mol. The maximum Gasteiger partial charge on any atom is 0.272 e. The second-order valence-corrected chi connectivity index (χ2v) is 10.6. The van der Waals surface area contributed by atoms with Crippen LogP contribution in [0.1, 0.15) is 5.56 Å². The molecule has 0 aliphatic carbocycles. The van der Waals surface area contributed by atoms with Crippen LogP contribution in [0, 0.1) is 0 Å². The van der Waals surface area contributed by atoms with E-state index in [1.54, 1.807) is 35.0 Å². The van der Waals surface area contributed by atoms with Gasteiger partial charge >= 0.3 is 0 Å². The van der Waals surface area contributed by atoms with Crippen LogP contribution in [-0.4, -0.2) is 42.9 Å². The summed E-state index contributed by atoms with van der Waals surface area (Å²) in [4.78, 5) is 11.5. The van der Waals surface area contributed by atoms with Gasteiger partial charge in [0.05, 0.1) is 28.9 Å². The lowest BCUT2D eigenvalue weighted by molar-refractivity contribution is -0.118. The molecule has 9 nitrogen and oxygen atoms in total. The highest BCUT2D eigenvalue weighted by molar-refractivity contribution is 7.94. The third kappa shape index (κ3) is 4.96. The molecule has 4 rings (SSSR count). The van der Waals surface area contributed by atoms with Gasteiger partial charge in [-0.15, -0.1) is 11.3 Å². The number of rotatable bonds is 8. The Morgan fingerprint density at radius 2 is 2.00 bits per heavy atom. The lowest BCUT2D eigenvalue weighted by Crippen LogP contribution is -2.15. The fourth-order valence-electron chi connectivity index (χ4n) is 3.30. The number of amides is 1.